The molecule has 0 radical (unpaired) electrons. The Hall–Kier alpha value is -2.74. The minimum Gasteiger partial charge on any atom is -0.378 e. The summed E-state index contributed by atoms with van der Waals surface area (Å²) in [5, 5.41) is 2.84. The van der Waals surface area contributed by atoms with Gasteiger partial charge < -0.3 is 9.47 Å². The fourth-order valence-corrected chi connectivity index (χ4v) is 5.03. The Labute approximate surface area is 181 Å². The van der Waals surface area contributed by atoms with Gasteiger partial charge >= 0.3 is 0 Å². The van der Waals surface area contributed by atoms with Crippen LogP contribution in [0.2, 0.25) is 0 Å². The Kier molecular flexibility index (Phi) is 4.73. The van der Waals surface area contributed by atoms with Gasteiger partial charge in [0, 0.05) is 36.2 Å². The lowest BCUT2D eigenvalue weighted by atomic mass is 9.90. The maximum atomic E-state index is 2.52. The molecule has 0 saturated carbocycles. The van der Waals surface area contributed by atoms with Crippen LogP contribution in [0.3, 0.4) is 0 Å². The molecule has 30 heavy (non-hydrogen) atoms. The van der Waals surface area contributed by atoms with Crippen molar-refractivity contribution in [2.75, 3.05) is 19.0 Å². The van der Waals surface area contributed by atoms with Crippen LogP contribution in [0.4, 0.5) is 5.69 Å². The van der Waals surface area contributed by atoms with Gasteiger partial charge in [0.2, 0.25) is 0 Å². The van der Waals surface area contributed by atoms with Crippen LogP contribution < -0.4 is 4.90 Å². The SMILES string of the molecule is Cc1c(C)c(C)c2c(c1C)c1c(C)c(C)c(C)c(C)c1n2-c1ccc(N(C)C)cc1. The van der Waals surface area contributed by atoms with E-state index in [1.807, 2.05) is 0 Å². The molecular formula is C28H34N2. The van der Waals surface area contributed by atoms with E-state index in [0.717, 1.165) is 0 Å². The summed E-state index contributed by atoms with van der Waals surface area (Å²) in [6, 6.07) is 8.98. The zero-order chi connectivity index (χ0) is 22.1. The number of benzene rings is 3. The number of hydrogen-bond donors (Lipinski definition) is 0. The van der Waals surface area contributed by atoms with Crippen LogP contribution in [0, 0.1) is 55.4 Å². The fraction of sp³-hybridized carbons (Fsp3) is 0.357. The number of aromatic nitrogens is 1. The molecule has 4 rings (SSSR count). The Morgan fingerprint density at radius 2 is 0.867 bits per heavy atom. The molecular weight excluding hydrogens is 364 g/mol. The van der Waals surface area contributed by atoms with E-state index in [2.05, 4.69) is 103 Å². The first-order valence-electron chi connectivity index (χ1n) is 10.9. The molecule has 0 aliphatic rings. The zero-order valence-electron chi connectivity index (χ0n) is 20.2. The zero-order valence-corrected chi connectivity index (χ0v) is 20.2. The lowest BCUT2D eigenvalue weighted by Gasteiger charge is -2.17. The highest BCUT2D eigenvalue weighted by Gasteiger charge is 2.23. The third-order valence-electron chi connectivity index (χ3n) is 7.63. The quantitative estimate of drug-likeness (QED) is 0.343. The molecule has 0 N–H and O–H groups in total. The number of nitrogens with zero attached hydrogens (tertiary/aromatic N) is 2. The molecule has 0 unspecified atom stereocenters. The molecule has 2 nitrogen and oxygen atoms in total. The largest absolute Gasteiger partial charge is 0.378 e. The Bertz CT molecular complexity index is 1240. The Balaban J connectivity index is 2.31. The molecule has 0 fully saturated rings. The second kappa shape index (κ2) is 6.91. The summed E-state index contributed by atoms with van der Waals surface area (Å²) in [6.45, 7) is 18.3. The van der Waals surface area contributed by atoms with Gasteiger partial charge in [-0.25, -0.2) is 0 Å². The van der Waals surface area contributed by atoms with Crippen LogP contribution in [0.15, 0.2) is 24.3 Å². The van der Waals surface area contributed by atoms with Crippen molar-refractivity contribution in [3.8, 4) is 5.69 Å². The number of fused-ring (bicyclic) bond motifs is 3. The smallest absolute Gasteiger partial charge is 0.0575 e. The van der Waals surface area contributed by atoms with Crippen molar-refractivity contribution in [1.82, 2.24) is 4.57 Å². The third-order valence-corrected chi connectivity index (χ3v) is 7.63. The van der Waals surface area contributed by atoms with Crippen LogP contribution in [-0.2, 0) is 0 Å². The van der Waals surface area contributed by atoms with Crippen LogP contribution in [-0.4, -0.2) is 18.7 Å². The van der Waals surface area contributed by atoms with E-state index in [-0.39, 0.29) is 0 Å². The molecule has 0 bridgehead atoms. The molecule has 1 aromatic heterocycles. The molecule has 1 heterocycles. The summed E-state index contributed by atoms with van der Waals surface area (Å²) in [5.74, 6) is 0. The predicted molar refractivity (Wildman–Crippen MR) is 133 cm³/mol. The van der Waals surface area contributed by atoms with Crippen molar-refractivity contribution < 1.29 is 0 Å². The first kappa shape index (κ1) is 20.5. The molecule has 4 aromatic rings. The Morgan fingerprint density at radius 1 is 0.500 bits per heavy atom. The van der Waals surface area contributed by atoms with Gasteiger partial charge in [0.15, 0.2) is 0 Å². The van der Waals surface area contributed by atoms with Gasteiger partial charge in [-0.15, -0.1) is 0 Å². The van der Waals surface area contributed by atoms with Crippen molar-refractivity contribution in [2.45, 2.75) is 55.4 Å². The van der Waals surface area contributed by atoms with Crippen LogP contribution in [0.25, 0.3) is 27.5 Å². The van der Waals surface area contributed by atoms with Gasteiger partial charge in [-0.3, -0.25) is 0 Å². The normalized spacial score (nSPS) is 11.7. The van der Waals surface area contributed by atoms with Crippen molar-refractivity contribution in [2.24, 2.45) is 0 Å². The highest BCUT2D eigenvalue weighted by atomic mass is 15.1. The number of aryl methyl sites for hydroxylation is 4. The molecule has 156 valence electrons. The average Bonchev–Trinajstić information content (AvgIpc) is 3.09. The molecule has 2 heteroatoms. The van der Waals surface area contributed by atoms with Crippen molar-refractivity contribution in [1.29, 1.82) is 0 Å². The van der Waals surface area contributed by atoms with E-state index in [1.54, 1.807) is 0 Å². The van der Waals surface area contributed by atoms with Gasteiger partial charge in [-0.05, 0) is 124 Å². The van der Waals surface area contributed by atoms with Gasteiger partial charge in [-0.2, -0.15) is 0 Å². The molecule has 0 amide bonds. The first-order valence-corrected chi connectivity index (χ1v) is 10.9. The summed E-state index contributed by atoms with van der Waals surface area (Å²) in [6.07, 6.45) is 0. The van der Waals surface area contributed by atoms with Crippen LogP contribution in [0.1, 0.15) is 44.5 Å². The van der Waals surface area contributed by atoms with Gasteiger partial charge in [0.05, 0.1) is 11.0 Å². The molecule has 0 spiro atoms. The van der Waals surface area contributed by atoms with Crippen molar-refractivity contribution in [3.63, 3.8) is 0 Å². The second-order valence-corrected chi connectivity index (χ2v) is 9.19. The summed E-state index contributed by atoms with van der Waals surface area (Å²) in [4.78, 5) is 2.15. The van der Waals surface area contributed by atoms with Crippen LogP contribution >= 0.6 is 0 Å². The maximum Gasteiger partial charge on any atom is 0.0575 e. The monoisotopic (exact) mass is 398 g/mol. The number of hydrogen-bond acceptors (Lipinski definition) is 1. The minimum atomic E-state index is 1.22. The third kappa shape index (κ3) is 2.62. The fourth-order valence-electron chi connectivity index (χ4n) is 5.03. The highest BCUT2D eigenvalue weighted by Crippen LogP contribution is 2.43. The van der Waals surface area contributed by atoms with Gasteiger partial charge in [0.25, 0.3) is 0 Å². The summed E-state index contributed by atoms with van der Waals surface area (Å²) in [7, 11) is 4.18. The van der Waals surface area contributed by atoms with Gasteiger partial charge in [-0.1, -0.05) is 0 Å². The lowest BCUT2D eigenvalue weighted by molar-refractivity contribution is 1.11. The Morgan fingerprint density at radius 3 is 1.23 bits per heavy atom. The van der Waals surface area contributed by atoms with Crippen molar-refractivity contribution >= 4 is 27.5 Å². The number of rotatable bonds is 2. The van der Waals surface area contributed by atoms with E-state index in [1.165, 1.54) is 77.7 Å². The second-order valence-electron chi connectivity index (χ2n) is 9.19. The molecule has 0 aliphatic heterocycles. The van der Waals surface area contributed by atoms with Crippen LogP contribution in [0.5, 0.6) is 0 Å². The summed E-state index contributed by atoms with van der Waals surface area (Å²) in [5.41, 5.74) is 16.4. The molecule has 0 atom stereocenters. The van der Waals surface area contributed by atoms with E-state index < -0.39 is 0 Å². The van der Waals surface area contributed by atoms with Crippen molar-refractivity contribution in [3.05, 3.63) is 68.8 Å². The molecule has 3 aromatic carbocycles. The van der Waals surface area contributed by atoms with E-state index in [4.69, 9.17) is 0 Å². The highest BCUT2D eigenvalue weighted by molar-refractivity contribution is 6.15. The molecule has 0 aliphatic carbocycles. The standard InChI is InChI=1S/C28H34N2/c1-15-17(3)21(7)27-25(19(15)5)26-20(6)16(2)18(4)22(8)28(26)30(27)24-13-11-23(12-14-24)29(9)10/h11-14H,1-10H3. The van der Waals surface area contributed by atoms with E-state index in [0.29, 0.717) is 0 Å². The number of anilines is 1. The maximum absolute atomic E-state index is 2.52. The molecule has 0 saturated heterocycles. The summed E-state index contributed by atoms with van der Waals surface area (Å²) >= 11 is 0. The first-order chi connectivity index (χ1) is 14.1. The minimum absolute atomic E-state index is 1.22. The average molecular weight is 399 g/mol. The van der Waals surface area contributed by atoms with E-state index >= 15 is 0 Å². The van der Waals surface area contributed by atoms with E-state index in [9.17, 15) is 0 Å². The topological polar surface area (TPSA) is 8.17 Å². The summed E-state index contributed by atoms with van der Waals surface area (Å²) < 4.78 is 2.52. The lowest BCUT2D eigenvalue weighted by Crippen LogP contribution is -2.08. The predicted octanol–water partition coefficient (Wildman–Crippen LogP) is 7.32. The van der Waals surface area contributed by atoms with Gasteiger partial charge in [0.1, 0.15) is 0 Å².